The van der Waals surface area contributed by atoms with Gasteiger partial charge in [0.1, 0.15) is 18.5 Å². The highest BCUT2D eigenvalue weighted by molar-refractivity contribution is 5.41. The van der Waals surface area contributed by atoms with Crippen LogP contribution in [0, 0.1) is 5.82 Å². The lowest BCUT2D eigenvalue weighted by Gasteiger charge is -2.28. The molecule has 0 bridgehead atoms. The molecule has 6 nitrogen and oxygen atoms in total. The molecule has 2 aliphatic heterocycles. The van der Waals surface area contributed by atoms with Crippen LogP contribution in [0.3, 0.4) is 0 Å². The molecule has 1 aromatic carbocycles. The normalized spacial score (nSPS) is 19.7. The van der Waals surface area contributed by atoms with Gasteiger partial charge in [0.2, 0.25) is 0 Å². The summed E-state index contributed by atoms with van der Waals surface area (Å²) in [5, 5.41) is 0. The fourth-order valence-corrected chi connectivity index (χ4v) is 3.01. The van der Waals surface area contributed by atoms with Gasteiger partial charge in [-0.1, -0.05) is 12.1 Å². The van der Waals surface area contributed by atoms with Crippen LogP contribution in [-0.4, -0.2) is 49.0 Å². The molecule has 1 fully saturated rings. The molecule has 2 aromatic rings. The van der Waals surface area contributed by atoms with E-state index in [0.717, 1.165) is 11.5 Å². The number of hydrogen-bond donors (Lipinski definition) is 0. The highest BCUT2D eigenvalue weighted by atomic mass is 19.1. The molecule has 25 heavy (non-hydrogen) atoms. The maximum absolute atomic E-state index is 14.1. The summed E-state index contributed by atoms with van der Waals surface area (Å²) >= 11 is 0. The molecule has 3 heterocycles. The average Bonchev–Trinajstić information content (AvgIpc) is 2.68. The third-order valence-electron chi connectivity index (χ3n) is 4.34. The van der Waals surface area contributed by atoms with E-state index in [-0.39, 0.29) is 6.10 Å². The minimum Gasteiger partial charge on any atom is -0.486 e. The fraction of sp³-hybridized carbons (Fsp3) is 0.444. The predicted octanol–water partition coefficient (Wildman–Crippen LogP) is 2.22. The second-order valence-corrected chi connectivity index (χ2v) is 6.09. The van der Waals surface area contributed by atoms with Crippen LogP contribution in [0.5, 0.6) is 11.5 Å². The first-order chi connectivity index (χ1) is 12.3. The van der Waals surface area contributed by atoms with Crippen molar-refractivity contribution >= 4 is 5.82 Å². The summed E-state index contributed by atoms with van der Waals surface area (Å²) in [5.41, 5.74) is 0. The van der Waals surface area contributed by atoms with Crippen LogP contribution < -0.4 is 14.4 Å². The Kier molecular flexibility index (Phi) is 4.65. The number of aromatic nitrogens is 2. The van der Waals surface area contributed by atoms with E-state index in [1.54, 1.807) is 0 Å². The number of halogens is 1. The Balaban J connectivity index is 1.40. The molecule has 4 rings (SSSR count). The second kappa shape index (κ2) is 7.23. The largest absolute Gasteiger partial charge is 0.486 e. The van der Waals surface area contributed by atoms with Gasteiger partial charge in [0.05, 0.1) is 19.4 Å². The fourth-order valence-electron chi connectivity index (χ4n) is 3.01. The molecule has 1 unspecified atom stereocenters. The molecule has 1 saturated heterocycles. The molecule has 0 N–H and O–H groups in total. The first kappa shape index (κ1) is 16.1. The maximum Gasteiger partial charge on any atom is 0.183 e. The first-order valence-electron chi connectivity index (χ1n) is 8.52. The van der Waals surface area contributed by atoms with E-state index >= 15 is 0 Å². The quantitative estimate of drug-likeness (QED) is 0.847. The molecule has 2 aliphatic rings. The molecule has 132 valence electrons. The molecular formula is C18H20FN3O3. The number of para-hydroxylation sites is 2. The van der Waals surface area contributed by atoms with Gasteiger partial charge in [0.15, 0.2) is 23.1 Å². The van der Waals surface area contributed by atoms with Crippen LogP contribution in [0.25, 0.3) is 0 Å². The Hall–Kier alpha value is -2.41. The van der Waals surface area contributed by atoms with Gasteiger partial charge >= 0.3 is 0 Å². The molecule has 7 heteroatoms. The van der Waals surface area contributed by atoms with Crippen molar-refractivity contribution in [3.05, 3.63) is 42.1 Å². The van der Waals surface area contributed by atoms with Crippen molar-refractivity contribution in [2.24, 2.45) is 0 Å². The lowest BCUT2D eigenvalue weighted by Crippen LogP contribution is -2.37. The lowest BCUT2D eigenvalue weighted by atomic mass is 10.1. The Morgan fingerprint density at radius 3 is 2.80 bits per heavy atom. The van der Waals surface area contributed by atoms with Crippen molar-refractivity contribution in [3.8, 4) is 11.5 Å². The van der Waals surface area contributed by atoms with E-state index in [1.807, 2.05) is 29.2 Å². The number of nitrogens with zero attached hydrogens (tertiary/aromatic N) is 3. The van der Waals surface area contributed by atoms with Crippen LogP contribution in [0.2, 0.25) is 0 Å². The standard InChI is InChI=1S/C18H20FN3O3/c19-14-11-20-17(21-18(14)22-7-9-23-10-8-22)6-5-13-12-24-15-3-1-2-4-16(15)25-13/h1-4,11,13H,5-10,12H2. The summed E-state index contributed by atoms with van der Waals surface area (Å²) in [6, 6.07) is 7.62. The number of rotatable bonds is 4. The molecular weight excluding hydrogens is 325 g/mol. The first-order valence-corrected chi connectivity index (χ1v) is 8.52. The predicted molar refractivity (Wildman–Crippen MR) is 89.7 cm³/mol. The minimum atomic E-state index is -0.392. The van der Waals surface area contributed by atoms with Gasteiger partial charge in [0.25, 0.3) is 0 Å². The summed E-state index contributed by atoms with van der Waals surface area (Å²) in [7, 11) is 0. The van der Waals surface area contributed by atoms with E-state index in [4.69, 9.17) is 14.2 Å². The van der Waals surface area contributed by atoms with Crippen molar-refractivity contribution in [2.75, 3.05) is 37.8 Å². The minimum absolute atomic E-state index is 0.0598. The molecule has 1 aromatic heterocycles. The number of morpholine rings is 1. The molecule has 0 aliphatic carbocycles. The van der Waals surface area contributed by atoms with Crippen molar-refractivity contribution in [3.63, 3.8) is 0 Å². The second-order valence-electron chi connectivity index (χ2n) is 6.09. The summed E-state index contributed by atoms with van der Waals surface area (Å²) in [4.78, 5) is 10.4. The van der Waals surface area contributed by atoms with Gasteiger partial charge in [-0.15, -0.1) is 0 Å². The topological polar surface area (TPSA) is 56.7 Å². The molecule has 0 radical (unpaired) electrons. The number of benzene rings is 1. The van der Waals surface area contributed by atoms with Gasteiger partial charge in [0, 0.05) is 19.5 Å². The Bertz CT molecular complexity index is 737. The zero-order valence-corrected chi connectivity index (χ0v) is 13.9. The van der Waals surface area contributed by atoms with Gasteiger partial charge in [-0.2, -0.15) is 0 Å². The highest BCUT2D eigenvalue weighted by Crippen LogP contribution is 2.31. The molecule has 0 amide bonds. The van der Waals surface area contributed by atoms with Crippen molar-refractivity contribution in [2.45, 2.75) is 18.9 Å². The van der Waals surface area contributed by atoms with Crippen molar-refractivity contribution in [1.29, 1.82) is 0 Å². The number of aryl methyl sites for hydroxylation is 1. The zero-order valence-electron chi connectivity index (χ0n) is 13.9. The van der Waals surface area contributed by atoms with Crippen LogP contribution in [0.15, 0.2) is 30.5 Å². The number of fused-ring (bicyclic) bond motifs is 1. The Morgan fingerprint density at radius 2 is 1.96 bits per heavy atom. The number of ether oxygens (including phenoxy) is 3. The van der Waals surface area contributed by atoms with Crippen LogP contribution in [-0.2, 0) is 11.2 Å². The van der Waals surface area contributed by atoms with Crippen molar-refractivity contribution in [1.82, 2.24) is 9.97 Å². The summed E-state index contributed by atoms with van der Waals surface area (Å²) < 4.78 is 31.0. The van der Waals surface area contributed by atoms with Gasteiger partial charge in [-0.3, -0.25) is 0 Å². The van der Waals surface area contributed by atoms with E-state index in [0.29, 0.717) is 57.4 Å². The number of hydrogen-bond acceptors (Lipinski definition) is 6. The Labute approximate surface area is 145 Å². The average molecular weight is 345 g/mol. The van der Waals surface area contributed by atoms with Crippen LogP contribution in [0.1, 0.15) is 12.2 Å². The van der Waals surface area contributed by atoms with Gasteiger partial charge < -0.3 is 19.1 Å². The highest BCUT2D eigenvalue weighted by Gasteiger charge is 2.22. The zero-order chi connectivity index (χ0) is 17.1. The SMILES string of the molecule is Fc1cnc(CCC2COc3ccccc3O2)nc1N1CCOCC1. The van der Waals surface area contributed by atoms with E-state index in [2.05, 4.69) is 9.97 Å². The summed E-state index contributed by atoms with van der Waals surface area (Å²) in [5.74, 6) is 2.11. The number of anilines is 1. The van der Waals surface area contributed by atoms with Crippen LogP contribution >= 0.6 is 0 Å². The summed E-state index contributed by atoms with van der Waals surface area (Å²) in [6.45, 7) is 2.96. The third-order valence-corrected chi connectivity index (χ3v) is 4.34. The van der Waals surface area contributed by atoms with Crippen molar-refractivity contribution < 1.29 is 18.6 Å². The van der Waals surface area contributed by atoms with E-state index < -0.39 is 5.82 Å². The van der Waals surface area contributed by atoms with Gasteiger partial charge in [-0.05, 0) is 18.6 Å². The smallest absolute Gasteiger partial charge is 0.183 e. The Morgan fingerprint density at radius 1 is 1.16 bits per heavy atom. The van der Waals surface area contributed by atoms with Gasteiger partial charge in [-0.25, -0.2) is 14.4 Å². The third kappa shape index (κ3) is 3.66. The maximum atomic E-state index is 14.1. The lowest BCUT2D eigenvalue weighted by molar-refractivity contribution is 0.0847. The van der Waals surface area contributed by atoms with Crippen LogP contribution in [0.4, 0.5) is 10.2 Å². The molecule has 0 saturated carbocycles. The van der Waals surface area contributed by atoms with E-state index in [1.165, 1.54) is 6.20 Å². The monoisotopic (exact) mass is 345 g/mol. The molecule has 1 atom stereocenters. The van der Waals surface area contributed by atoms with E-state index in [9.17, 15) is 4.39 Å². The summed E-state index contributed by atoms with van der Waals surface area (Å²) in [6.07, 6.45) is 2.51. The molecule has 0 spiro atoms.